The molecular formula is C9H21NO4S. The summed E-state index contributed by atoms with van der Waals surface area (Å²) in [7, 11) is -3.40. The summed E-state index contributed by atoms with van der Waals surface area (Å²) < 4.78 is 31.5. The van der Waals surface area contributed by atoms with Gasteiger partial charge in [0.05, 0.1) is 31.7 Å². The van der Waals surface area contributed by atoms with Crippen LogP contribution in [-0.4, -0.2) is 40.1 Å². The van der Waals surface area contributed by atoms with Crippen molar-refractivity contribution in [2.45, 2.75) is 32.8 Å². The van der Waals surface area contributed by atoms with Crippen LogP contribution in [0, 0.1) is 0 Å². The second-order valence-corrected chi connectivity index (χ2v) is 5.18. The number of hydrogen-bond donors (Lipinski definition) is 1. The van der Waals surface area contributed by atoms with Crippen molar-refractivity contribution in [1.82, 2.24) is 0 Å². The van der Waals surface area contributed by atoms with Gasteiger partial charge in [0.15, 0.2) is 0 Å². The summed E-state index contributed by atoms with van der Waals surface area (Å²) in [6.45, 7) is 5.13. The first kappa shape index (κ1) is 14.8. The average Bonchev–Trinajstić information content (AvgIpc) is 2.09. The Hall–Kier alpha value is -0.170. The molecule has 92 valence electrons. The fourth-order valence-electron chi connectivity index (χ4n) is 1.08. The Morgan fingerprint density at radius 1 is 1.27 bits per heavy atom. The van der Waals surface area contributed by atoms with E-state index in [9.17, 15) is 8.42 Å². The smallest absolute Gasteiger partial charge is 0.211 e. The van der Waals surface area contributed by atoms with E-state index in [1.807, 2.05) is 6.92 Å². The van der Waals surface area contributed by atoms with Crippen molar-refractivity contribution < 1.29 is 17.9 Å². The number of primary sulfonamides is 1. The van der Waals surface area contributed by atoms with Gasteiger partial charge in [0, 0.05) is 0 Å². The van der Waals surface area contributed by atoms with Crippen molar-refractivity contribution in [1.29, 1.82) is 0 Å². The molecule has 15 heavy (non-hydrogen) atoms. The van der Waals surface area contributed by atoms with Crippen LogP contribution in [0.3, 0.4) is 0 Å². The van der Waals surface area contributed by atoms with E-state index in [1.165, 1.54) is 0 Å². The summed E-state index contributed by atoms with van der Waals surface area (Å²) in [6, 6.07) is 0. The predicted molar refractivity (Wildman–Crippen MR) is 59.1 cm³/mol. The van der Waals surface area contributed by atoms with E-state index in [0.29, 0.717) is 13.2 Å². The summed E-state index contributed by atoms with van der Waals surface area (Å²) in [4.78, 5) is 0. The molecule has 0 radical (unpaired) electrons. The van der Waals surface area contributed by atoms with Gasteiger partial charge < -0.3 is 9.47 Å². The fraction of sp³-hybridized carbons (Fsp3) is 1.00. The topological polar surface area (TPSA) is 78.6 Å². The minimum atomic E-state index is -3.40. The molecule has 0 amide bonds. The Labute approximate surface area is 92.0 Å². The van der Waals surface area contributed by atoms with Crippen molar-refractivity contribution in [3.05, 3.63) is 0 Å². The van der Waals surface area contributed by atoms with Crippen LogP contribution in [0.5, 0.6) is 0 Å². The van der Waals surface area contributed by atoms with Gasteiger partial charge in [0.1, 0.15) is 0 Å². The molecule has 6 heteroatoms. The van der Waals surface area contributed by atoms with Gasteiger partial charge in [-0.25, -0.2) is 13.6 Å². The highest BCUT2D eigenvalue weighted by Gasteiger charge is 2.02. The first-order valence-electron chi connectivity index (χ1n) is 5.15. The molecule has 0 aromatic heterocycles. The van der Waals surface area contributed by atoms with Gasteiger partial charge in [-0.1, -0.05) is 13.3 Å². The summed E-state index contributed by atoms with van der Waals surface area (Å²) in [6.07, 6.45) is 2.35. The number of hydrogen-bond acceptors (Lipinski definition) is 4. The second-order valence-electron chi connectivity index (χ2n) is 3.45. The van der Waals surface area contributed by atoms with Gasteiger partial charge in [-0.2, -0.15) is 0 Å². The molecule has 2 N–H and O–H groups in total. The highest BCUT2D eigenvalue weighted by Crippen LogP contribution is 1.99. The largest absolute Gasteiger partial charge is 0.378 e. The molecule has 0 spiro atoms. The predicted octanol–water partition coefficient (Wildman–Crippen LogP) is 0.497. The molecule has 0 aromatic carbocycles. The van der Waals surface area contributed by atoms with Crippen LogP contribution in [0.15, 0.2) is 0 Å². The minimum Gasteiger partial charge on any atom is -0.378 e. The molecule has 5 nitrogen and oxygen atoms in total. The highest BCUT2D eigenvalue weighted by atomic mass is 32.2. The van der Waals surface area contributed by atoms with Crippen LogP contribution in [0.1, 0.15) is 26.7 Å². The first-order chi connectivity index (χ1) is 6.95. The van der Waals surface area contributed by atoms with Gasteiger partial charge in [-0.05, 0) is 13.3 Å². The van der Waals surface area contributed by atoms with Crippen LogP contribution in [0.2, 0.25) is 0 Å². The lowest BCUT2D eigenvalue weighted by atomic mass is 10.2. The van der Waals surface area contributed by atoms with Gasteiger partial charge >= 0.3 is 0 Å². The lowest BCUT2D eigenvalue weighted by Crippen LogP contribution is -2.21. The van der Waals surface area contributed by atoms with Crippen molar-refractivity contribution in [2.75, 3.05) is 25.6 Å². The van der Waals surface area contributed by atoms with Crippen LogP contribution >= 0.6 is 0 Å². The fourth-order valence-corrected chi connectivity index (χ4v) is 1.43. The van der Waals surface area contributed by atoms with E-state index in [-0.39, 0.29) is 18.5 Å². The highest BCUT2D eigenvalue weighted by molar-refractivity contribution is 7.89. The molecule has 0 saturated carbocycles. The summed E-state index contributed by atoms with van der Waals surface area (Å²) in [5.41, 5.74) is 0. The molecule has 0 aliphatic heterocycles. The zero-order valence-corrected chi connectivity index (χ0v) is 10.3. The molecule has 0 fully saturated rings. The van der Waals surface area contributed by atoms with E-state index in [0.717, 1.165) is 12.8 Å². The molecule has 0 aliphatic rings. The molecule has 0 saturated heterocycles. The van der Waals surface area contributed by atoms with E-state index in [4.69, 9.17) is 14.6 Å². The lowest BCUT2D eigenvalue weighted by molar-refractivity contribution is 0.0123. The maximum absolute atomic E-state index is 10.5. The third-order valence-corrected chi connectivity index (χ3v) is 2.57. The van der Waals surface area contributed by atoms with Gasteiger partial charge in [0.25, 0.3) is 0 Å². The molecular weight excluding hydrogens is 218 g/mol. The number of rotatable bonds is 9. The Morgan fingerprint density at radius 2 is 1.93 bits per heavy atom. The standard InChI is InChI=1S/C9H21NO4S/c1-3-4-9(2)14-6-5-13-7-8-15(10,11)12/h9H,3-8H2,1-2H3,(H2,10,11,12). The Bertz CT molecular complexity index is 240. The van der Waals surface area contributed by atoms with E-state index in [1.54, 1.807) is 0 Å². The molecule has 0 aromatic rings. The Kier molecular flexibility index (Phi) is 7.95. The van der Waals surface area contributed by atoms with Crippen LogP contribution in [-0.2, 0) is 19.5 Å². The van der Waals surface area contributed by atoms with Crippen molar-refractivity contribution in [2.24, 2.45) is 5.14 Å². The zero-order valence-electron chi connectivity index (χ0n) is 9.44. The van der Waals surface area contributed by atoms with Crippen molar-refractivity contribution in [3.8, 4) is 0 Å². The average molecular weight is 239 g/mol. The SMILES string of the molecule is CCCC(C)OCCOCCS(N)(=O)=O. The summed E-state index contributed by atoms with van der Waals surface area (Å²) >= 11 is 0. The minimum absolute atomic E-state index is 0.129. The molecule has 1 unspecified atom stereocenters. The number of ether oxygens (including phenoxy) is 2. The van der Waals surface area contributed by atoms with Crippen LogP contribution in [0.25, 0.3) is 0 Å². The van der Waals surface area contributed by atoms with Crippen LogP contribution in [0.4, 0.5) is 0 Å². The molecule has 0 bridgehead atoms. The quantitative estimate of drug-likeness (QED) is 0.594. The van der Waals surface area contributed by atoms with Crippen molar-refractivity contribution >= 4 is 10.0 Å². The third-order valence-electron chi connectivity index (χ3n) is 1.84. The Morgan fingerprint density at radius 3 is 2.47 bits per heavy atom. The van der Waals surface area contributed by atoms with Gasteiger partial charge in [-0.15, -0.1) is 0 Å². The van der Waals surface area contributed by atoms with Gasteiger partial charge in [0.2, 0.25) is 10.0 Å². The van der Waals surface area contributed by atoms with Gasteiger partial charge in [-0.3, -0.25) is 0 Å². The normalized spacial score (nSPS) is 14.1. The molecule has 0 rings (SSSR count). The summed E-state index contributed by atoms with van der Waals surface area (Å²) in [5.74, 6) is -0.141. The van der Waals surface area contributed by atoms with E-state index < -0.39 is 10.0 Å². The maximum Gasteiger partial charge on any atom is 0.211 e. The molecule has 0 heterocycles. The third kappa shape index (κ3) is 11.8. The maximum atomic E-state index is 10.5. The lowest BCUT2D eigenvalue weighted by Gasteiger charge is -2.11. The number of sulfonamides is 1. The second kappa shape index (κ2) is 8.04. The van der Waals surface area contributed by atoms with Crippen LogP contribution < -0.4 is 5.14 Å². The molecule has 0 aliphatic carbocycles. The zero-order chi connectivity index (χ0) is 11.7. The number of nitrogens with two attached hydrogens (primary N) is 1. The van der Waals surface area contributed by atoms with Crippen molar-refractivity contribution in [3.63, 3.8) is 0 Å². The monoisotopic (exact) mass is 239 g/mol. The first-order valence-corrected chi connectivity index (χ1v) is 6.87. The van der Waals surface area contributed by atoms with E-state index >= 15 is 0 Å². The Balaban J connectivity index is 3.25. The summed E-state index contributed by atoms with van der Waals surface area (Å²) in [5, 5.41) is 4.80. The molecule has 1 atom stereocenters. The van der Waals surface area contributed by atoms with E-state index in [2.05, 4.69) is 6.92 Å².